The third-order valence-corrected chi connectivity index (χ3v) is 6.45. The lowest BCUT2D eigenvalue weighted by Crippen LogP contribution is -2.19. The molecule has 0 N–H and O–H groups in total. The molecule has 0 bridgehead atoms. The van der Waals surface area contributed by atoms with Gasteiger partial charge in [0.05, 0.1) is 37.5 Å². The third kappa shape index (κ3) is 5.24. The van der Waals surface area contributed by atoms with Crippen LogP contribution in [0.15, 0.2) is 46.3 Å². The molecule has 0 aliphatic rings. The molecule has 0 unspecified atom stereocenters. The Hall–Kier alpha value is -2.29. The summed E-state index contributed by atoms with van der Waals surface area (Å²) >= 11 is 3.23. The van der Waals surface area contributed by atoms with Gasteiger partial charge in [-0.05, 0) is 23.4 Å². The van der Waals surface area contributed by atoms with Crippen LogP contribution >= 0.6 is 23.1 Å². The lowest BCUT2D eigenvalue weighted by atomic mass is 10.1. The molecule has 6 nitrogen and oxygen atoms in total. The fourth-order valence-electron chi connectivity index (χ4n) is 3.07. The third-order valence-electron chi connectivity index (χ3n) is 4.52. The number of carbonyl (C=O) groups is 1. The van der Waals surface area contributed by atoms with E-state index in [1.54, 1.807) is 33.1 Å². The first-order valence-electron chi connectivity index (χ1n) is 9.63. The molecule has 2 aromatic carbocycles. The minimum Gasteiger partial charge on any atom is -0.493 e. The van der Waals surface area contributed by atoms with Gasteiger partial charge in [0.2, 0.25) is 0 Å². The van der Waals surface area contributed by atoms with Gasteiger partial charge in [-0.1, -0.05) is 30.4 Å². The molecule has 0 saturated heterocycles. The smallest absolute Gasteiger partial charge is 0.252 e. The Morgan fingerprint density at radius 1 is 1.10 bits per heavy atom. The van der Waals surface area contributed by atoms with Crippen LogP contribution < -0.4 is 14.3 Å². The molecule has 3 aromatic rings. The summed E-state index contributed by atoms with van der Waals surface area (Å²) in [7, 11) is 4.87. The van der Waals surface area contributed by atoms with Gasteiger partial charge in [0.15, 0.2) is 16.3 Å². The number of hydrogen-bond acceptors (Lipinski definition) is 6. The SMILES string of the molecule is CCSc1ccc(CC(=O)N=c2sc3cc(OC)c(OC)cc3n2CCOC)cc1. The summed E-state index contributed by atoms with van der Waals surface area (Å²) < 4.78 is 19.1. The van der Waals surface area contributed by atoms with Crippen molar-refractivity contribution in [2.24, 2.45) is 4.99 Å². The van der Waals surface area contributed by atoms with Crippen molar-refractivity contribution in [1.82, 2.24) is 4.57 Å². The maximum absolute atomic E-state index is 12.7. The molecule has 0 atom stereocenters. The summed E-state index contributed by atoms with van der Waals surface area (Å²) in [5.74, 6) is 2.13. The van der Waals surface area contributed by atoms with Crippen molar-refractivity contribution in [3.63, 3.8) is 0 Å². The van der Waals surface area contributed by atoms with Gasteiger partial charge in [0.1, 0.15) is 0 Å². The summed E-state index contributed by atoms with van der Waals surface area (Å²) in [6, 6.07) is 11.9. The number of rotatable bonds is 9. The van der Waals surface area contributed by atoms with Crippen LogP contribution in [0, 0.1) is 0 Å². The molecule has 30 heavy (non-hydrogen) atoms. The van der Waals surface area contributed by atoms with Crippen LogP contribution in [0.5, 0.6) is 11.5 Å². The first-order chi connectivity index (χ1) is 14.6. The van der Waals surface area contributed by atoms with Gasteiger partial charge in [0, 0.05) is 30.7 Å². The fraction of sp³-hybridized carbons (Fsp3) is 0.364. The molecule has 0 radical (unpaired) electrons. The Bertz CT molecular complexity index is 1070. The summed E-state index contributed by atoms with van der Waals surface area (Å²) in [6.45, 7) is 3.22. The predicted molar refractivity (Wildman–Crippen MR) is 122 cm³/mol. The maximum atomic E-state index is 12.7. The number of thiazole rings is 1. The number of thioether (sulfide) groups is 1. The van der Waals surface area contributed by atoms with E-state index in [-0.39, 0.29) is 12.3 Å². The van der Waals surface area contributed by atoms with Crippen molar-refractivity contribution >= 4 is 39.2 Å². The second-order valence-corrected chi connectivity index (χ2v) is 8.81. The number of nitrogens with zero attached hydrogens (tertiary/aromatic N) is 2. The number of methoxy groups -OCH3 is 3. The second-order valence-electron chi connectivity index (χ2n) is 6.46. The van der Waals surface area contributed by atoms with Crippen molar-refractivity contribution in [1.29, 1.82) is 0 Å². The van der Waals surface area contributed by atoms with E-state index < -0.39 is 0 Å². The molecule has 0 saturated carbocycles. The van der Waals surface area contributed by atoms with E-state index >= 15 is 0 Å². The number of ether oxygens (including phenoxy) is 3. The molecule has 1 amide bonds. The predicted octanol–water partition coefficient (Wildman–Crippen LogP) is 4.15. The van der Waals surface area contributed by atoms with Gasteiger partial charge in [-0.3, -0.25) is 4.79 Å². The van der Waals surface area contributed by atoms with E-state index in [0.29, 0.717) is 29.5 Å². The molecular formula is C22H26N2O4S2. The van der Waals surface area contributed by atoms with Gasteiger partial charge in [-0.2, -0.15) is 4.99 Å². The van der Waals surface area contributed by atoms with Crippen LogP contribution in [0.1, 0.15) is 12.5 Å². The second kappa shape index (κ2) is 10.7. The van der Waals surface area contributed by atoms with Crippen molar-refractivity contribution < 1.29 is 19.0 Å². The van der Waals surface area contributed by atoms with E-state index in [1.807, 2.05) is 41.0 Å². The van der Waals surface area contributed by atoms with E-state index in [0.717, 1.165) is 21.5 Å². The zero-order chi connectivity index (χ0) is 21.5. The van der Waals surface area contributed by atoms with E-state index in [2.05, 4.69) is 11.9 Å². The Morgan fingerprint density at radius 3 is 2.43 bits per heavy atom. The lowest BCUT2D eigenvalue weighted by molar-refractivity contribution is -0.117. The number of fused-ring (bicyclic) bond motifs is 1. The number of aromatic nitrogens is 1. The Morgan fingerprint density at radius 2 is 1.80 bits per heavy atom. The van der Waals surface area contributed by atoms with Crippen LogP contribution in [-0.4, -0.2) is 44.2 Å². The van der Waals surface area contributed by atoms with Gasteiger partial charge in [0.25, 0.3) is 5.91 Å². The maximum Gasteiger partial charge on any atom is 0.252 e. The molecule has 8 heteroatoms. The Balaban J connectivity index is 1.95. The quantitative estimate of drug-likeness (QED) is 0.462. The summed E-state index contributed by atoms with van der Waals surface area (Å²) in [4.78, 5) is 18.9. The summed E-state index contributed by atoms with van der Waals surface area (Å²) in [6.07, 6.45) is 0.266. The zero-order valence-corrected chi connectivity index (χ0v) is 19.3. The molecule has 160 valence electrons. The highest BCUT2D eigenvalue weighted by Gasteiger charge is 2.13. The van der Waals surface area contributed by atoms with E-state index in [1.165, 1.54) is 16.2 Å². The highest BCUT2D eigenvalue weighted by molar-refractivity contribution is 7.99. The minimum atomic E-state index is -0.178. The molecular weight excluding hydrogens is 420 g/mol. The normalized spacial score (nSPS) is 11.8. The van der Waals surface area contributed by atoms with Gasteiger partial charge < -0.3 is 18.8 Å². The molecule has 0 aliphatic carbocycles. The number of amides is 1. The van der Waals surface area contributed by atoms with Crippen molar-refractivity contribution in [2.45, 2.75) is 24.8 Å². The van der Waals surface area contributed by atoms with Gasteiger partial charge >= 0.3 is 0 Å². The van der Waals surface area contributed by atoms with E-state index in [4.69, 9.17) is 14.2 Å². The highest BCUT2D eigenvalue weighted by atomic mass is 32.2. The largest absolute Gasteiger partial charge is 0.493 e. The van der Waals surface area contributed by atoms with Crippen molar-refractivity contribution in [2.75, 3.05) is 33.7 Å². The first-order valence-corrected chi connectivity index (χ1v) is 11.4. The van der Waals surface area contributed by atoms with Crippen LogP contribution in [0.3, 0.4) is 0 Å². The highest BCUT2D eigenvalue weighted by Crippen LogP contribution is 2.33. The van der Waals surface area contributed by atoms with Crippen LogP contribution in [0.25, 0.3) is 10.2 Å². The number of benzene rings is 2. The van der Waals surface area contributed by atoms with Crippen molar-refractivity contribution in [3.05, 3.63) is 46.8 Å². The number of hydrogen-bond donors (Lipinski definition) is 0. The van der Waals surface area contributed by atoms with Crippen LogP contribution in [-0.2, 0) is 22.5 Å². The van der Waals surface area contributed by atoms with Crippen LogP contribution in [0.4, 0.5) is 0 Å². The van der Waals surface area contributed by atoms with E-state index in [9.17, 15) is 4.79 Å². The lowest BCUT2D eigenvalue weighted by Gasteiger charge is -2.09. The monoisotopic (exact) mass is 446 g/mol. The topological polar surface area (TPSA) is 62.0 Å². The summed E-state index contributed by atoms with van der Waals surface area (Å²) in [5, 5.41) is 0. The molecule has 1 aromatic heterocycles. The average molecular weight is 447 g/mol. The first kappa shape index (κ1) is 22.4. The minimum absolute atomic E-state index is 0.178. The van der Waals surface area contributed by atoms with Gasteiger partial charge in [-0.15, -0.1) is 11.8 Å². The summed E-state index contributed by atoms with van der Waals surface area (Å²) in [5.41, 5.74) is 1.89. The molecule has 0 fully saturated rings. The average Bonchev–Trinajstić information content (AvgIpc) is 3.08. The standard InChI is InChI=1S/C22H26N2O4S2/c1-5-29-16-8-6-15(7-9-16)12-21(25)23-22-24(10-11-26-2)17-13-18(27-3)19(28-4)14-20(17)30-22/h6-9,13-14H,5,10-12H2,1-4H3. The molecule has 3 rings (SSSR count). The molecule has 0 spiro atoms. The fourth-order valence-corrected chi connectivity index (χ4v) is 4.82. The van der Waals surface area contributed by atoms with Gasteiger partial charge in [-0.25, -0.2) is 0 Å². The van der Waals surface area contributed by atoms with Crippen molar-refractivity contribution in [3.8, 4) is 11.5 Å². The zero-order valence-electron chi connectivity index (χ0n) is 17.6. The molecule has 0 aliphatic heterocycles. The number of carbonyl (C=O) groups excluding carboxylic acids is 1. The Labute approximate surface area is 184 Å². The van der Waals surface area contributed by atoms with Crippen LogP contribution in [0.2, 0.25) is 0 Å². The molecule has 1 heterocycles. The Kier molecular flexibility index (Phi) is 7.95.